The molecule has 2 aromatic rings. The number of hydrogen-bond donors (Lipinski definition) is 0. The second kappa shape index (κ2) is 10.7. The molecule has 0 aliphatic rings. The first-order valence-corrected chi connectivity index (χ1v) is 10.1. The Morgan fingerprint density at radius 2 is 1.54 bits per heavy atom. The molecule has 0 fully saturated rings. The largest absolute Gasteiger partial charge is 0.388 e. The Bertz CT molecular complexity index is 695. The third kappa shape index (κ3) is 6.06. The van der Waals surface area contributed by atoms with Crippen LogP contribution in [0.2, 0.25) is 0 Å². The van der Waals surface area contributed by atoms with Gasteiger partial charge in [-0.05, 0) is 47.4 Å². The number of ether oxygens (including phenoxy) is 1. The summed E-state index contributed by atoms with van der Waals surface area (Å²) in [6, 6.07) is 4.17. The number of carbonyl (C=O) groups is 1. The summed E-state index contributed by atoms with van der Waals surface area (Å²) >= 11 is 4.97. The van der Waals surface area contributed by atoms with Crippen LogP contribution in [0, 0.1) is 0 Å². The first-order chi connectivity index (χ1) is 11.4. The lowest BCUT2D eigenvalue weighted by Crippen LogP contribution is -1.96. The number of thioether (sulfide) groups is 1. The summed E-state index contributed by atoms with van der Waals surface area (Å²) in [4.78, 5) is 15.7. The Morgan fingerprint density at radius 3 is 2.00 bits per heavy atom. The van der Waals surface area contributed by atoms with Crippen LogP contribution < -0.4 is 0 Å². The van der Waals surface area contributed by atoms with Gasteiger partial charge in [0.05, 0.1) is 0 Å². The fourth-order valence-corrected chi connectivity index (χ4v) is 5.03. The normalized spacial score (nSPS) is 10.0. The molecule has 0 N–H and O–H groups in total. The topological polar surface area (TPSA) is 26.3 Å². The van der Waals surface area contributed by atoms with Crippen LogP contribution in [0.5, 0.6) is 0 Å². The van der Waals surface area contributed by atoms with Gasteiger partial charge in [-0.2, -0.15) is 0 Å². The summed E-state index contributed by atoms with van der Waals surface area (Å²) in [5.41, 5.74) is 2.40. The maximum absolute atomic E-state index is 11.3. The van der Waals surface area contributed by atoms with E-state index in [0.717, 1.165) is 26.7 Å². The van der Waals surface area contributed by atoms with E-state index in [4.69, 9.17) is 0 Å². The van der Waals surface area contributed by atoms with Gasteiger partial charge in [0, 0.05) is 40.2 Å². The Labute approximate surface area is 157 Å². The number of carbonyl (C=O) groups excluding carboxylic acids is 1. The molecule has 0 saturated carbocycles. The maximum Gasteiger partial charge on any atom is 0.134 e. The van der Waals surface area contributed by atoms with Crippen molar-refractivity contribution in [1.82, 2.24) is 0 Å². The number of methoxy groups -OCH3 is 1. The van der Waals surface area contributed by atoms with Gasteiger partial charge in [-0.1, -0.05) is 31.8 Å². The van der Waals surface area contributed by atoms with Crippen LogP contribution in [0.15, 0.2) is 36.1 Å². The third-order valence-corrected chi connectivity index (χ3v) is 6.26. The van der Waals surface area contributed by atoms with Gasteiger partial charge in [0.1, 0.15) is 5.78 Å². The van der Waals surface area contributed by atoms with Crippen LogP contribution in [0.1, 0.15) is 34.7 Å². The summed E-state index contributed by atoms with van der Waals surface area (Å²) in [6.45, 7) is 12.1. The molecule has 24 heavy (non-hydrogen) atoms. The zero-order valence-corrected chi connectivity index (χ0v) is 17.1. The van der Waals surface area contributed by atoms with E-state index in [1.807, 2.05) is 11.4 Å². The van der Waals surface area contributed by atoms with Gasteiger partial charge >= 0.3 is 0 Å². The van der Waals surface area contributed by atoms with Gasteiger partial charge < -0.3 is 4.74 Å². The van der Waals surface area contributed by atoms with E-state index in [-0.39, 0.29) is 5.78 Å². The monoisotopic (exact) mass is 380 g/mol. The van der Waals surface area contributed by atoms with Gasteiger partial charge in [-0.15, -0.1) is 22.7 Å². The molecule has 0 bridgehead atoms. The lowest BCUT2D eigenvalue weighted by molar-refractivity contribution is -0.116. The van der Waals surface area contributed by atoms with Gasteiger partial charge in [-0.3, -0.25) is 4.79 Å². The second-order valence-corrected chi connectivity index (χ2v) is 8.16. The molecule has 0 saturated heterocycles. The number of aryl methyl sites for hydroxylation is 1. The average Bonchev–Trinajstić information content (AvgIpc) is 3.15. The lowest BCUT2D eigenvalue weighted by atomic mass is 10.1. The molecule has 0 unspecified atom stereocenters. The molecule has 2 aromatic heterocycles. The van der Waals surface area contributed by atoms with Crippen molar-refractivity contribution in [3.63, 3.8) is 0 Å². The minimum atomic E-state index is 0.179. The highest BCUT2D eigenvalue weighted by Gasteiger charge is 2.14. The molecule has 130 valence electrons. The highest BCUT2D eigenvalue weighted by molar-refractivity contribution is 8.16. The number of hydrogen-bond acceptors (Lipinski definition) is 5. The molecule has 2 nitrogen and oxygen atoms in total. The summed E-state index contributed by atoms with van der Waals surface area (Å²) in [5, 5.41) is 4.12. The first kappa shape index (κ1) is 20.9. The van der Waals surface area contributed by atoms with Crippen molar-refractivity contribution in [1.29, 1.82) is 0 Å². The molecule has 0 aliphatic carbocycles. The Kier molecular flexibility index (Phi) is 9.29. The van der Waals surface area contributed by atoms with E-state index in [0.29, 0.717) is 6.42 Å². The average molecular weight is 381 g/mol. The predicted octanol–water partition coefficient (Wildman–Crippen LogP) is 6.14. The van der Waals surface area contributed by atoms with E-state index in [1.165, 1.54) is 10.4 Å². The zero-order valence-electron chi connectivity index (χ0n) is 14.7. The summed E-state index contributed by atoms with van der Waals surface area (Å²) in [6.07, 6.45) is 1.49. The van der Waals surface area contributed by atoms with E-state index in [1.54, 1.807) is 55.6 Å². The molecule has 5 heteroatoms. The first-order valence-electron chi connectivity index (χ1n) is 7.53. The molecule has 2 heterocycles. The lowest BCUT2D eigenvalue weighted by Gasteiger charge is -2.09. The quantitative estimate of drug-likeness (QED) is 0.577. The number of ketones is 1. The summed E-state index contributed by atoms with van der Waals surface area (Å²) < 4.78 is 4.25. The van der Waals surface area contributed by atoms with Crippen molar-refractivity contribution >= 4 is 50.0 Å². The second-order valence-electron chi connectivity index (χ2n) is 5.14. The molecule has 0 aromatic carbocycles. The molecule has 0 spiro atoms. The molecule has 0 aliphatic heterocycles. The standard InChI is InChI=1S/C17H18OS3.C2H6O/c1-5-14-6-8-19-16(14)12(3)21-13(4)17-15(7-9-20-17)10-11(2)18;1-3-2/h6-9H,3-5,10H2,1-2H3;1-2H3. The minimum Gasteiger partial charge on any atom is -0.388 e. The number of rotatable bonds is 7. The Morgan fingerprint density at radius 1 is 1.08 bits per heavy atom. The smallest absolute Gasteiger partial charge is 0.134 e. The number of Topliss-reactive ketones (excluding diaryl/α,β-unsaturated/α-hetero) is 1. The predicted molar refractivity (Wildman–Crippen MR) is 111 cm³/mol. The Balaban J connectivity index is 0.000000891. The van der Waals surface area contributed by atoms with Gasteiger partial charge in [0.25, 0.3) is 0 Å². The SMILES string of the molecule is C=C(SC(=C)c1sccc1CC(C)=O)c1sccc1CC.COC. The van der Waals surface area contributed by atoms with Crippen LogP contribution >= 0.6 is 34.4 Å². The fourth-order valence-electron chi connectivity index (χ4n) is 2.09. The molecular formula is C19H24O2S3. The van der Waals surface area contributed by atoms with Crippen LogP contribution in [0.25, 0.3) is 9.81 Å². The molecule has 0 atom stereocenters. The van der Waals surface area contributed by atoms with Crippen molar-refractivity contribution in [3.8, 4) is 0 Å². The van der Waals surface area contributed by atoms with Gasteiger partial charge in [0.15, 0.2) is 0 Å². The van der Waals surface area contributed by atoms with Gasteiger partial charge in [-0.25, -0.2) is 0 Å². The number of thiophene rings is 2. The fraction of sp³-hybridized carbons (Fsp3) is 0.316. The molecule has 0 radical (unpaired) electrons. The van der Waals surface area contributed by atoms with E-state index in [9.17, 15) is 4.79 Å². The highest BCUT2D eigenvalue weighted by atomic mass is 32.2. The van der Waals surface area contributed by atoms with Crippen molar-refractivity contribution in [2.45, 2.75) is 26.7 Å². The van der Waals surface area contributed by atoms with Crippen molar-refractivity contribution < 1.29 is 9.53 Å². The van der Waals surface area contributed by atoms with Crippen LogP contribution in [-0.2, 0) is 22.4 Å². The van der Waals surface area contributed by atoms with Crippen LogP contribution in [0.3, 0.4) is 0 Å². The van der Waals surface area contributed by atoms with Crippen molar-refractivity contribution in [3.05, 3.63) is 56.9 Å². The van der Waals surface area contributed by atoms with Crippen molar-refractivity contribution in [2.75, 3.05) is 14.2 Å². The summed E-state index contributed by atoms with van der Waals surface area (Å²) in [7, 11) is 3.25. The maximum atomic E-state index is 11.3. The van der Waals surface area contributed by atoms with E-state index in [2.05, 4.69) is 36.3 Å². The van der Waals surface area contributed by atoms with E-state index < -0.39 is 0 Å². The molecule has 0 amide bonds. The minimum absolute atomic E-state index is 0.179. The van der Waals surface area contributed by atoms with Crippen LogP contribution in [-0.4, -0.2) is 20.0 Å². The third-order valence-electron chi connectivity index (χ3n) is 3.07. The summed E-state index contributed by atoms with van der Waals surface area (Å²) in [5.74, 6) is 0.179. The van der Waals surface area contributed by atoms with Crippen molar-refractivity contribution in [2.24, 2.45) is 0 Å². The van der Waals surface area contributed by atoms with Gasteiger partial charge in [0.2, 0.25) is 0 Å². The highest BCUT2D eigenvalue weighted by Crippen LogP contribution is 2.42. The molecular weight excluding hydrogens is 356 g/mol. The zero-order chi connectivity index (χ0) is 18.1. The van der Waals surface area contributed by atoms with Crippen LogP contribution in [0.4, 0.5) is 0 Å². The Hall–Kier alpha value is -1.14. The molecule has 2 rings (SSSR count). The van der Waals surface area contributed by atoms with E-state index >= 15 is 0 Å².